The lowest BCUT2D eigenvalue weighted by atomic mass is 9.92. The van der Waals surface area contributed by atoms with E-state index in [1.54, 1.807) is 25.7 Å². The summed E-state index contributed by atoms with van der Waals surface area (Å²) in [7, 11) is 0. The van der Waals surface area contributed by atoms with Crippen LogP contribution in [0.3, 0.4) is 0 Å². The minimum atomic E-state index is -0.834. The number of nitrogens with zero attached hydrogens (tertiary/aromatic N) is 5. The van der Waals surface area contributed by atoms with E-state index in [0.29, 0.717) is 31.5 Å². The zero-order valence-electron chi connectivity index (χ0n) is 26.2. The fraction of sp³-hybridized carbons (Fsp3) is 0.656. The summed E-state index contributed by atoms with van der Waals surface area (Å²) in [5.41, 5.74) is 0.187. The number of alkyl carbamates (subject to hydrolysis) is 1. The van der Waals surface area contributed by atoms with Crippen LogP contribution in [0.5, 0.6) is 5.75 Å². The van der Waals surface area contributed by atoms with E-state index in [-0.39, 0.29) is 18.2 Å². The van der Waals surface area contributed by atoms with Gasteiger partial charge in [-0.15, -0.1) is 0 Å². The number of ether oxygens (including phenoxy) is 2. The van der Waals surface area contributed by atoms with Gasteiger partial charge in [-0.1, -0.05) is 31.1 Å². The maximum atomic E-state index is 13.4. The van der Waals surface area contributed by atoms with Gasteiger partial charge in [-0.25, -0.2) is 4.79 Å². The molecule has 3 heterocycles. The average molecular weight is 595 g/mol. The van der Waals surface area contributed by atoms with Gasteiger partial charge in [0.2, 0.25) is 5.91 Å². The van der Waals surface area contributed by atoms with E-state index >= 15 is 0 Å². The fourth-order valence-corrected chi connectivity index (χ4v) is 5.54. The molecular formula is C32H46N6O5. The van der Waals surface area contributed by atoms with Crippen LogP contribution in [-0.4, -0.2) is 71.0 Å². The molecule has 0 spiro atoms. The number of nitrogens with one attached hydrogen (secondary N) is 1. The summed E-state index contributed by atoms with van der Waals surface area (Å²) in [6.45, 7) is 12.4. The lowest BCUT2D eigenvalue weighted by Crippen LogP contribution is -2.51. The number of carbonyl (C=O) groups is 2. The summed E-state index contributed by atoms with van der Waals surface area (Å²) in [6, 6.07) is 9.15. The number of rotatable bonds is 11. The van der Waals surface area contributed by atoms with E-state index < -0.39 is 23.8 Å². The summed E-state index contributed by atoms with van der Waals surface area (Å²) >= 11 is 0. The van der Waals surface area contributed by atoms with Crippen molar-refractivity contribution >= 4 is 18.0 Å². The van der Waals surface area contributed by atoms with Crippen molar-refractivity contribution in [1.82, 2.24) is 20.4 Å². The van der Waals surface area contributed by atoms with Gasteiger partial charge >= 0.3 is 12.1 Å². The Balaban J connectivity index is 1.23. The quantitative estimate of drug-likeness (QED) is 0.348. The number of piperidine rings is 1. The van der Waals surface area contributed by atoms with Crippen molar-refractivity contribution in [1.29, 1.82) is 5.26 Å². The highest BCUT2D eigenvalue weighted by molar-refractivity contribution is 5.86. The second-order valence-corrected chi connectivity index (χ2v) is 12.9. The van der Waals surface area contributed by atoms with Crippen LogP contribution in [-0.2, 0) is 16.0 Å². The number of amides is 2. The molecule has 0 saturated carbocycles. The zero-order chi connectivity index (χ0) is 31.0. The summed E-state index contributed by atoms with van der Waals surface area (Å²) < 4.78 is 16.9. The van der Waals surface area contributed by atoms with Crippen LogP contribution in [0.2, 0.25) is 0 Å². The van der Waals surface area contributed by atoms with Crippen molar-refractivity contribution in [2.24, 2.45) is 5.92 Å². The van der Waals surface area contributed by atoms with Gasteiger partial charge in [0.15, 0.2) is 5.82 Å². The van der Waals surface area contributed by atoms with Gasteiger partial charge in [0.25, 0.3) is 0 Å². The molecule has 11 heteroatoms. The maximum absolute atomic E-state index is 13.4. The summed E-state index contributed by atoms with van der Waals surface area (Å²) in [5, 5.41) is 16.3. The van der Waals surface area contributed by atoms with Crippen molar-refractivity contribution < 1.29 is 23.6 Å². The largest absolute Gasteiger partial charge is 0.494 e. The number of hydrogen-bond donors (Lipinski definition) is 1. The molecule has 2 fully saturated rings. The molecule has 2 saturated heterocycles. The SMILES string of the molecule is CC(C)c1noc(N2CCC(CCCOc3ccc(CC(NC(=O)OC(C)(C)C)C(=O)N4CCC[C@H]4C#N)cc3)CC2)n1. The number of nitriles is 1. The molecule has 11 nitrogen and oxygen atoms in total. The Labute approximate surface area is 254 Å². The molecule has 234 valence electrons. The first kappa shape index (κ1) is 32.1. The first-order chi connectivity index (χ1) is 20.5. The number of hydrogen-bond acceptors (Lipinski definition) is 9. The Bertz CT molecular complexity index is 1240. The monoisotopic (exact) mass is 594 g/mol. The number of likely N-dealkylation sites (tertiary alicyclic amines) is 1. The highest BCUT2D eigenvalue weighted by Crippen LogP contribution is 2.26. The fourth-order valence-electron chi connectivity index (χ4n) is 5.54. The van der Waals surface area contributed by atoms with Crippen LogP contribution in [0.1, 0.15) is 90.4 Å². The van der Waals surface area contributed by atoms with E-state index in [9.17, 15) is 14.9 Å². The van der Waals surface area contributed by atoms with E-state index in [1.807, 2.05) is 24.3 Å². The zero-order valence-corrected chi connectivity index (χ0v) is 26.2. The molecule has 2 aromatic rings. The Hall–Kier alpha value is -3.81. The van der Waals surface area contributed by atoms with E-state index in [4.69, 9.17) is 14.0 Å². The third-order valence-corrected chi connectivity index (χ3v) is 7.90. The lowest BCUT2D eigenvalue weighted by Gasteiger charge is -2.30. The number of aromatic nitrogens is 2. The van der Waals surface area contributed by atoms with Crippen molar-refractivity contribution in [3.8, 4) is 11.8 Å². The Morgan fingerprint density at radius 2 is 1.86 bits per heavy atom. The van der Waals surface area contributed by atoms with E-state index in [2.05, 4.69) is 40.3 Å². The molecule has 43 heavy (non-hydrogen) atoms. The number of benzene rings is 1. The van der Waals surface area contributed by atoms with Gasteiger partial charge in [0.05, 0.1) is 12.7 Å². The van der Waals surface area contributed by atoms with Gasteiger partial charge in [-0.3, -0.25) is 4.79 Å². The van der Waals surface area contributed by atoms with Gasteiger partial charge in [0.1, 0.15) is 23.4 Å². The molecule has 1 aromatic carbocycles. The standard InChI is InChI=1S/C32H46N6O5/c1-22(2)28-35-30(43-36-28)37-17-14-23(15-18-37)8-7-19-41-26-12-10-24(11-13-26)20-27(34-31(40)42-32(3,4)5)29(39)38-16-6-9-25(38)21-33/h10-13,22-23,25,27H,6-9,14-20H2,1-5H3,(H,34,40)/t25-,27?/m0/s1. The lowest BCUT2D eigenvalue weighted by molar-refractivity contribution is -0.133. The topological polar surface area (TPSA) is 134 Å². The third-order valence-electron chi connectivity index (χ3n) is 7.90. The molecule has 1 N–H and O–H groups in total. The van der Waals surface area contributed by atoms with Crippen LogP contribution < -0.4 is 15.0 Å². The molecular weight excluding hydrogens is 548 g/mol. The van der Waals surface area contributed by atoms with Crippen molar-refractivity contribution in [3.63, 3.8) is 0 Å². The number of carbonyl (C=O) groups excluding carboxylic acids is 2. The molecule has 4 rings (SSSR count). The van der Waals surface area contributed by atoms with Gasteiger partial charge in [0, 0.05) is 32.0 Å². The van der Waals surface area contributed by atoms with Crippen molar-refractivity contribution in [3.05, 3.63) is 35.7 Å². The Morgan fingerprint density at radius 1 is 1.14 bits per heavy atom. The Morgan fingerprint density at radius 3 is 2.49 bits per heavy atom. The minimum Gasteiger partial charge on any atom is -0.494 e. The molecule has 2 aliphatic rings. The molecule has 1 unspecified atom stereocenters. The molecule has 0 aliphatic carbocycles. The van der Waals surface area contributed by atoms with Crippen LogP contribution in [0, 0.1) is 17.2 Å². The van der Waals surface area contributed by atoms with Crippen LogP contribution >= 0.6 is 0 Å². The predicted molar refractivity (Wildman–Crippen MR) is 162 cm³/mol. The second kappa shape index (κ2) is 14.6. The molecule has 0 bridgehead atoms. The first-order valence-corrected chi connectivity index (χ1v) is 15.5. The predicted octanol–water partition coefficient (Wildman–Crippen LogP) is 5.22. The molecule has 2 amide bonds. The minimum absolute atomic E-state index is 0.256. The van der Waals surface area contributed by atoms with Crippen molar-refractivity contribution in [2.75, 3.05) is 31.1 Å². The number of anilines is 1. The van der Waals surface area contributed by atoms with E-state index in [1.165, 1.54) is 0 Å². The molecule has 1 aromatic heterocycles. The smallest absolute Gasteiger partial charge is 0.408 e. The molecule has 2 aliphatic heterocycles. The highest BCUT2D eigenvalue weighted by Gasteiger charge is 2.35. The van der Waals surface area contributed by atoms with Crippen LogP contribution in [0.15, 0.2) is 28.8 Å². The van der Waals surface area contributed by atoms with Crippen molar-refractivity contribution in [2.45, 2.75) is 103 Å². The molecule has 2 atom stereocenters. The molecule has 0 radical (unpaired) electrons. The second-order valence-electron chi connectivity index (χ2n) is 12.9. The normalized spacial score (nSPS) is 18.4. The summed E-state index contributed by atoms with van der Waals surface area (Å²) in [5.74, 6) is 2.16. The Kier molecular flexibility index (Phi) is 10.9. The van der Waals surface area contributed by atoms with Gasteiger partial charge < -0.3 is 29.1 Å². The third kappa shape index (κ3) is 9.34. The van der Waals surface area contributed by atoms with Gasteiger partial charge in [-0.2, -0.15) is 10.2 Å². The van der Waals surface area contributed by atoms with E-state index in [0.717, 1.165) is 62.3 Å². The first-order valence-electron chi connectivity index (χ1n) is 15.5. The van der Waals surface area contributed by atoms with Gasteiger partial charge in [-0.05, 0) is 82.9 Å². The maximum Gasteiger partial charge on any atom is 0.408 e. The highest BCUT2D eigenvalue weighted by atomic mass is 16.6. The average Bonchev–Trinajstić information content (AvgIpc) is 3.65. The summed E-state index contributed by atoms with van der Waals surface area (Å²) in [6.07, 6.45) is 5.31. The summed E-state index contributed by atoms with van der Waals surface area (Å²) in [4.78, 5) is 34.2. The van der Waals surface area contributed by atoms with Crippen LogP contribution in [0.4, 0.5) is 10.8 Å². The van der Waals surface area contributed by atoms with Crippen LogP contribution in [0.25, 0.3) is 0 Å².